The Morgan fingerprint density at radius 2 is 2.22 bits per heavy atom. The molecule has 1 unspecified atom stereocenters. The van der Waals surface area contributed by atoms with Gasteiger partial charge in [-0.05, 0) is 37.4 Å². The molecule has 1 aliphatic rings. The van der Waals surface area contributed by atoms with Gasteiger partial charge >= 0.3 is 6.18 Å². The molecule has 0 bridgehead atoms. The average molecular weight is 262 g/mol. The van der Waals surface area contributed by atoms with Crippen molar-refractivity contribution in [2.75, 3.05) is 13.7 Å². The minimum absolute atomic E-state index is 0.0688. The maximum Gasteiger partial charge on any atom is 0.411 e. The van der Waals surface area contributed by atoms with E-state index in [0.717, 1.165) is 5.56 Å². The number of alkyl halides is 3. The summed E-state index contributed by atoms with van der Waals surface area (Å²) in [6.07, 6.45) is 1.74. The van der Waals surface area contributed by atoms with E-state index in [0.29, 0.717) is 12.0 Å². The summed E-state index contributed by atoms with van der Waals surface area (Å²) in [7, 11) is 1.90. The van der Waals surface area contributed by atoms with Gasteiger partial charge in [-0.1, -0.05) is 0 Å². The van der Waals surface area contributed by atoms with Crippen LogP contribution >= 0.6 is 0 Å². The summed E-state index contributed by atoms with van der Waals surface area (Å²) in [6.45, 7) is -1.28. The second kappa shape index (κ2) is 5.32. The van der Waals surface area contributed by atoms with Gasteiger partial charge in [-0.25, -0.2) is 0 Å². The van der Waals surface area contributed by atoms with Gasteiger partial charge in [0.25, 0.3) is 0 Å². The second-order valence-corrected chi connectivity index (χ2v) is 4.66. The second-order valence-electron chi connectivity index (χ2n) is 4.66. The molecule has 18 heavy (non-hydrogen) atoms. The Balaban J connectivity index is 1.85. The molecule has 102 valence electrons. The monoisotopic (exact) mass is 262 g/mol. The third-order valence-corrected chi connectivity index (χ3v) is 3.04. The Hall–Kier alpha value is -1.01. The lowest BCUT2D eigenvalue weighted by Gasteiger charge is -2.13. The Kier molecular flexibility index (Phi) is 3.97. The SMILES string of the molecule is CNC(c1ccn(COCC(F)(F)F)c1)C1CC1. The molecule has 1 atom stereocenters. The summed E-state index contributed by atoms with van der Waals surface area (Å²) in [6, 6.07) is 2.23. The fraction of sp³-hybridized carbons (Fsp3) is 0.667. The smallest absolute Gasteiger partial charge is 0.351 e. The predicted octanol–water partition coefficient (Wildman–Crippen LogP) is 2.70. The largest absolute Gasteiger partial charge is 0.411 e. The highest BCUT2D eigenvalue weighted by molar-refractivity contribution is 5.18. The molecule has 0 radical (unpaired) electrons. The first kappa shape index (κ1) is 13.4. The summed E-state index contributed by atoms with van der Waals surface area (Å²) in [5.74, 6) is 0.655. The van der Waals surface area contributed by atoms with Crippen molar-refractivity contribution in [3.8, 4) is 0 Å². The molecule has 0 spiro atoms. The van der Waals surface area contributed by atoms with Crippen molar-refractivity contribution in [2.45, 2.75) is 31.8 Å². The lowest BCUT2D eigenvalue weighted by atomic mass is 10.1. The number of hydrogen-bond acceptors (Lipinski definition) is 2. The van der Waals surface area contributed by atoms with Crippen LogP contribution in [0.25, 0.3) is 0 Å². The minimum atomic E-state index is -4.27. The lowest BCUT2D eigenvalue weighted by Crippen LogP contribution is -2.18. The van der Waals surface area contributed by atoms with E-state index in [-0.39, 0.29) is 6.73 Å². The van der Waals surface area contributed by atoms with Crippen molar-refractivity contribution in [1.29, 1.82) is 0 Å². The molecule has 0 amide bonds. The molecule has 0 aliphatic heterocycles. The van der Waals surface area contributed by atoms with Crippen LogP contribution in [-0.2, 0) is 11.5 Å². The van der Waals surface area contributed by atoms with Crippen LogP contribution in [0.5, 0.6) is 0 Å². The molecular weight excluding hydrogens is 245 g/mol. The minimum Gasteiger partial charge on any atom is -0.351 e. The van der Waals surface area contributed by atoms with Crippen molar-refractivity contribution in [3.63, 3.8) is 0 Å². The van der Waals surface area contributed by atoms with Crippen LogP contribution in [0.15, 0.2) is 18.5 Å². The van der Waals surface area contributed by atoms with Gasteiger partial charge in [0.05, 0.1) is 0 Å². The highest BCUT2D eigenvalue weighted by atomic mass is 19.4. The zero-order valence-corrected chi connectivity index (χ0v) is 10.2. The molecule has 3 nitrogen and oxygen atoms in total. The first-order chi connectivity index (χ1) is 8.49. The fourth-order valence-electron chi connectivity index (χ4n) is 2.09. The topological polar surface area (TPSA) is 26.2 Å². The molecule has 1 fully saturated rings. The average Bonchev–Trinajstić information content (AvgIpc) is 2.99. The van der Waals surface area contributed by atoms with E-state index in [4.69, 9.17) is 0 Å². The van der Waals surface area contributed by atoms with Crippen LogP contribution in [0, 0.1) is 5.92 Å². The maximum atomic E-state index is 11.9. The first-order valence-electron chi connectivity index (χ1n) is 5.97. The predicted molar refractivity (Wildman–Crippen MR) is 61.0 cm³/mol. The number of hydrogen-bond donors (Lipinski definition) is 1. The van der Waals surface area contributed by atoms with Crippen LogP contribution < -0.4 is 5.32 Å². The summed E-state index contributed by atoms with van der Waals surface area (Å²) in [4.78, 5) is 0. The highest BCUT2D eigenvalue weighted by Gasteiger charge is 2.31. The Morgan fingerprint density at radius 1 is 1.50 bits per heavy atom. The molecule has 1 heterocycles. The lowest BCUT2D eigenvalue weighted by molar-refractivity contribution is -0.181. The fourth-order valence-corrected chi connectivity index (χ4v) is 2.09. The van der Waals surface area contributed by atoms with Gasteiger partial charge in [0.15, 0.2) is 0 Å². The first-order valence-corrected chi connectivity index (χ1v) is 5.97. The molecule has 1 saturated carbocycles. The summed E-state index contributed by atoms with van der Waals surface area (Å²) >= 11 is 0. The number of halogens is 3. The molecule has 0 saturated heterocycles. The molecule has 1 aromatic heterocycles. The number of nitrogens with one attached hydrogen (secondary N) is 1. The van der Waals surface area contributed by atoms with Crippen molar-refractivity contribution in [3.05, 3.63) is 24.0 Å². The van der Waals surface area contributed by atoms with Crippen LogP contribution in [0.1, 0.15) is 24.4 Å². The van der Waals surface area contributed by atoms with E-state index in [1.54, 1.807) is 10.8 Å². The van der Waals surface area contributed by atoms with Gasteiger partial charge in [-0.3, -0.25) is 0 Å². The zero-order chi connectivity index (χ0) is 13.2. The third-order valence-electron chi connectivity index (χ3n) is 3.04. The van der Waals surface area contributed by atoms with E-state index in [1.165, 1.54) is 12.8 Å². The van der Waals surface area contributed by atoms with Gasteiger partial charge in [-0.15, -0.1) is 0 Å². The van der Waals surface area contributed by atoms with Gasteiger partial charge < -0.3 is 14.6 Å². The van der Waals surface area contributed by atoms with E-state index in [1.807, 2.05) is 19.3 Å². The standard InChI is InChI=1S/C12H17F3N2O/c1-16-11(9-2-3-9)10-4-5-17(6-10)8-18-7-12(13,14)15/h4-6,9,11,16H,2-3,7-8H2,1H3. The van der Waals surface area contributed by atoms with Crippen molar-refractivity contribution >= 4 is 0 Å². The quantitative estimate of drug-likeness (QED) is 0.853. The highest BCUT2D eigenvalue weighted by Crippen LogP contribution is 2.40. The molecule has 2 rings (SSSR count). The molecule has 1 aromatic rings. The Labute approximate surface area is 104 Å². The molecule has 1 N–H and O–H groups in total. The van der Waals surface area contributed by atoms with E-state index >= 15 is 0 Å². The molecule has 0 aromatic carbocycles. The van der Waals surface area contributed by atoms with Gasteiger partial charge in [-0.2, -0.15) is 13.2 Å². The summed E-state index contributed by atoms with van der Waals surface area (Å²) in [5, 5.41) is 3.24. The Morgan fingerprint density at radius 3 is 2.78 bits per heavy atom. The van der Waals surface area contributed by atoms with E-state index < -0.39 is 12.8 Å². The van der Waals surface area contributed by atoms with E-state index in [2.05, 4.69) is 10.1 Å². The zero-order valence-electron chi connectivity index (χ0n) is 10.2. The van der Waals surface area contributed by atoms with Gasteiger partial charge in [0.2, 0.25) is 0 Å². The van der Waals surface area contributed by atoms with Crippen molar-refractivity contribution in [1.82, 2.24) is 9.88 Å². The Bertz CT molecular complexity index is 385. The number of aromatic nitrogens is 1. The van der Waals surface area contributed by atoms with Crippen LogP contribution in [0.3, 0.4) is 0 Å². The van der Waals surface area contributed by atoms with Crippen molar-refractivity contribution in [2.24, 2.45) is 5.92 Å². The van der Waals surface area contributed by atoms with Gasteiger partial charge in [0.1, 0.15) is 13.3 Å². The van der Waals surface area contributed by atoms with Crippen molar-refractivity contribution < 1.29 is 17.9 Å². The molecule has 1 aliphatic carbocycles. The maximum absolute atomic E-state index is 11.9. The summed E-state index contributed by atoms with van der Waals surface area (Å²) < 4.78 is 42.0. The number of nitrogens with zero attached hydrogens (tertiary/aromatic N) is 1. The van der Waals surface area contributed by atoms with Crippen LogP contribution in [0.4, 0.5) is 13.2 Å². The summed E-state index contributed by atoms with van der Waals surface area (Å²) in [5.41, 5.74) is 1.11. The number of rotatable bonds is 6. The molecule has 6 heteroatoms. The van der Waals surface area contributed by atoms with Gasteiger partial charge in [0, 0.05) is 18.4 Å². The molecular formula is C12H17F3N2O. The van der Waals surface area contributed by atoms with E-state index in [9.17, 15) is 13.2 Å². The normalized spacial score (nSPS) is 18.0. The third kappa shape index (κ3) is 3.74. The van der Waals surface area contributed by atoms with Crippen LogP contribution in [0.2, 0.25) is 0 Å². The number of ether oxygens (including phenoxy) is 1. The van der Waals surface area contributed by atoms with Crippen LogP contribution in [-0.4, -0.2) is 24.4 Å².